The maximum Gasteiger partial charge on any atom is 0.356 e. The van der Waals surface area contributed by atoms with Crippen molar-refractivity contribution in [2.75, 3.05) is 13.2 Å². The predicted octanol–water partition coefficient (Wildman–Crippen LogP) is -0.425. The van der Waals surface area contributed by atoms with Gasteiger partial charge in [-0.25, -0.2) is 14.8 Å². The molecule has 0 spiro atoms. The average Bonchev–Trinajstić information content (AvgIpc) is 2.54. The minimum atomic E-state index is -1.22. The number of carbonyl (C=O) groups is 3. The normalized spacial score (nSPS) is 16.5. The zero-order chi connectivity index (χ0) is 16.8. The molecule has 124 valence electrons. The summed E-state index contributed by atoms with van der Waals surface area (Å²) in [5.74, 6) is -2.16. The molecule has 1 saturated heterocycles. The summed E-state index contributed by atoms with van der Waals surface area (Å²) >= 11 is 0. The van der Waals surface area contributed by atoms with Crippen molar-refractivity contribution >= 4 is 17.8 Å². The molecule has 1 fully saturated rings. The summed E-state index contributed by atoms with van der Waals surface area (Å²) in [6.45, 7) is 1.14. The molecule has 1 unspecified atom stereocenters. The number of aromatic carboxylic acids is 1. The Morgan fingerprint density at radius 1 is 1.26 bits per heavy atom. The summed E-state index contributed by atoms with van der Waals surface area (Å²) in [6.07, 6.45) is 3.57. The van der Waals surface area contributed by atoms with E-state index in [2.05, 4.69) is 15.3 Å². The minimum absolute atomic E-state index is 0.0171. The Bertz CT molecular complexity index is 583. The summed E-state index contributed by atoms with van der Waals surface area (Å²) in [4.78, 5) is 41.6. The van der Waals surface area contributed by atoms with Crippen molar-refractivity contribution in [2.24, 2.45) is 11.7 Å². The summed E-state index contributed by atoms with van der Waals surface area (Å²) in [5.41, 5.74) is 4.99. The fraction of sp³-hybridized carbons (Fsp3) is 0.500. The lowest BCUT2D eigenvalue weighted by molar-refractivity contribution is -0.118. The van der Waals surface area contributed by atoms with E-state index in [4.69, 9.17) is 15.6 Å². The molecule has 9 nitrogen and oxygen atoms in total. The fourth-order valence-electron chi connectivity index (χ4n) is 2.47. The van der Waals surface area contributed by atoms with Gasteiger partial charge in [0, 0.05) is 25.7 Å². The number of primary amides is 1. The summed E-state index contributed by atoms with van der Waals surface area (Å²) < 4.78 is 5.27. The summed E-state index contributed by atoms with van der Waals surface area (Å²) in [6, 6.07) is -0.412. The Kier molecular flexibility index (Phi) is 5.58. The Morgan fingerprint density at radius 2 is 1.87 bits per heavy atom. The SMILES string of the molecule is NC(=O)CC(NC(=O)c1cnc(C(=O)O)cn1)C1CCOCC1. The molecule has 9 heteroatoms. The molecule has 0 aromatic carbocycles. The van der Waals surface area contributed by atoms with E-state index in [-0.39, 0.29) is 23.7 Å². The number of aromatic nitrogens is 2. The van der Waals surface area contributed by atoms with Crippen molar-refractivity contribution in [2.45, 2.75) is 25.3 Å². The first-order valence-corrected chi connectivity index (χ1v) is 7.19. The number of hydrogen-bond donors (Lipinski definition) is 3. The number of ether oxygens (including phenoxy) is 1. The topological polar surface area (TPSA) is 144 Å². The van der Waals surface area contributed by atoms with E-state index in [1.165, 1.54) is 0 Å². The van der Waals surface area contributed by atoms with Gasteiger partial charge in [-0.2, -0.15) is 0 Å². The maximum absolute atomic E-state index is 12.2. The zero-order valence-electron chi connectivity index (χ0n) is 12.4. The second kappa shape index (κ2) is 7.63. The quantitative estimate of drug-likeness (QED) is 0.644. The number of nitrogens with zero attached hydrogens (tertiary/aromatic N) is 2. The number of nitrogens with one attached hydrogen (secondary N) is 1. The van der Waals surface area contributed by atoms with Crippen molar-refractivity contribution < 1.29 is 24.2 Å². The zero-order valence-corrected chi connectivity index (χ0v) is 12.4. The van der Waals surface area contributed by atoms with Gasteiger partial charge in [0.25, 0.3) is 5.91 Å². The van der Waals surface area contributed by atoms with E-state index in [9.17, 15) is 14.4 Å². The van der Waals surface area contributed by atoms with E-state index in [0.29, 0.717) is 13.2 Å². The van der Waals surface area contributed by atoms with E-state index in [1.807, 2.05) is 0 Å². The third-order valence-corrected chi connectivity index (χ3v) is 3.68. The van der Waals surface area contributed by atoms with Crippen LogP contribution in [0.15, 0.2) is 12.4 Å². The first-order valence-electron chi connectivity index (χ1n) is 7.19. The van der Waals surface area contributed by atoms with Gasteiger partial charge in [-0.3, -0.25) is 9.59 Å². The average molecular weight is 322 g/mol. The van der Waals surface area contributed by atoms with Gasteiger partial charge in [-0.15, -0.1) is 0 Å². The van der Waals surface area contributed by atoms with Gasteiger partial charge in [0.2, 0.25) is 5.91 Å². The molecule has 23 heavy (non-hydrogen) atoms. The first-order chi connectivity index (χ1) is 11.0. The van der Waals surface area contributed by atoms with Crippen molar-refractivity contribution in [3.63, 3.8) is 0 Å². The number of carbonyl (C=O) groups excluding carboxylic acids is 2. The molecular formula is C14H18N4O5. The number of rotatable bonds is 6. The Balaban J connectivity index is 2.06. The van der Waals surface area contributed by atoms with Crippen molar-refractivity contribution in [1.29, 1.82) is 0 Å². The summed E-state index contributed by atoms with van der Waals surface area (Å²) in [7, 11) is 0. The smallest absolute Gasteiger partial charge is 0.356 e. The van der Waals surface area contributed by atoms with E-state index < -0.39 is 23.8 Å². The molecule has 4 N–H and O–H groups in total. The minimum Gasteiger partial charge on any atom is -0.476 e. The van der Waals surface area contributed by atoms with Crippen LogP contribution in [0.4, 0.5) is 0 Å². The molecule has 1 aliphatic rings. The molecule has 1 atom stereocenters. The third kappa shape index (κ3) is 4.71. The molecule has 2 amide bonds. The largest absolute Gasteiger partial charge is 0.476 e. The molecule has 2 heterocycles. The Labute approximate surface area is 132 Å². The van der Waals surface area contributed by atoms with Crippen LogP contribution in [-0.2, 0) is 9.53 Å². The molecule has 2 rings (SSSR count). The van der Waals surface area contributed by atoms with Gasteiger partial charge in [0.15, 0.2) is 5.69 Å². The lowest BCUT2D eigenvalue weighted by Gasteiger charge is -2.30. The van der Waals surface area contributed by atoms with Crippen molar-refractivity contribution in [1.82, 2.24) is 15.3 Å². The van der Waals surface area contributed by atoms with Crippen molar-refractivity contribution in [3.8, 4) is 0 Å². The standard InChI is InChI=1S/C14H18N4O5/c15-12(19)5-9(8-1-3-23-4-2-8)18-13(20)10-6-17-11(7-16-10)14(21)22/h6-9H,1-5H2,(H2,15,19)(H,18,20)(H,21,22). The first kappa shape index (κ1) is 16.8. The van der Waals surface area contributed by atoms with E-state index in [0.717, 1.165) is 25.2 Å². The molecule has 1 aliphatic heterocycles. The van der Waals surface area contributed by atoms with Crippen LogP contribution < -0.4 is 11.1 Å². The molecule has 0 bridgehead atoms. The number of nitrogens with two attached hydrogens (primary N) is 1. The number of amides is 2. The summed E-state index contributed by atoms with van der Waals surface area (Å²) in [5, 5.41) is 11.5. The highest BCUT2D eigenvalue weighted by Crippen LogP contribution is 2.21. The van der Waals surface area contributed by atoms with Crippen molar-refractivity contribution in [3.05, 3.63) is 23.8 Å². The third-order valence-electron chi connectivity index (χ3n) is 3.68. The van der Waals surface area contributed by atoms with Gasteiger partial charge >= 0.3 is 5.97 Å². The van der Waals surface area contributed by atoms with Crippen LogP contribution in [0.3, 0.4) is 0 Å². The van der Waals surface area contributed by atoms with E-state index >= 15 is 0 Å². The van der Waals surface area contributed by atoms with Gasteiger partial charge in [0.05, 0.1) is 12.4 Å². The monoisotopic (exact) mass is 322 g/mol. The second-order valence-electron chi connectivity index (χ2n) is 5.29. The number of carboxylic acids is 1. The van der Waals surface area contributed by atoms with Gasteiger partial charge in [0.1, 0.15) is 5.69 Å². The highest BCUT2D eigenvalue weighted by Gasteiger charge is 2.27. The molecule has 1 aromatic rings. The molecule has 0 radical (unpaired) electrons. The van der Waals surface area contributed by atoms with Crippen LogP contribution in [0, 0.1) is 5.92 Å². The Hall–Kier alpha value is -2.55. The maximum atomic E-state index is 12.2. The van der Waals surface area contributed by atoms with Crippen LogP contribution >= 0.6 is 0 Å². The van der Waals surface area contributed by atoms with Crippen LogP contribution in [0.5, 0.6) is 0 Å². The molecule has 0 aliphatic carbocycles. The Morgan fingerprint density at radius 3 is 2.39 bits per heavy atom. The van der Waals surface area contributed by atoms with E-state index in [1.54, 1.807) is 0 Å². The predicted molar refractivity (Wildman–Crippen MR) is 77.6 cm³/mol. The van der Waals surface area contributed by atoms with Crippen LogP contribution in [0.2, 0.25) is 0 Å². The number of carboxylic acid groups (broad SMARTS) is 1. The van der Waals surface area contributed by atoms with Gasteiger partial charge in [-0.1, -0.05) is 0 Å². The van der Waals surface area contributed by atoms with Gasteiger partial charge < -0.3 is 20.9 Å². The highest BCUT2D eigenvalue weighted by molar-refractivity contribution is 5.93. The molecular weight excluding hydrogens is 304 g/mol. The van der Waals surface area contributed by atoms with Crippen LogP contribution in [0.1, 0.15) is 40.2 Å². The van der Waals surface area contributed by atoms with Gasteiger partial charge in [-0.05, 0) is 18.8 Å². The highest BCUT2D eigenvalue weighted by atomic mass is 16.5. The lowest BCUT2D eigenvalue weighted by Crippen LogP contribution is -2.44. The lowest BCUT2D eigenvalue weighted by atomic mass is 9.89. The van der Waals surface area contributed by atoms with Crippen LogP contribution in [0.25, 0.3) is 0 Å². The molecule has 1 aromatic heterocycles. The fourth-order valence-corrected chi connectivity index (χ4v) is 2.47. The molecule has 0 saturated carbocycles. The van der Waals surface area contributed by atoms with Crippen LogP contribution in [-0.4, -0.2) is 52.1 Å². The second-order valence-corrected chi connectivity index (χ2v) is 5.29. The number of hydrogen-bond acceptors (Lipinski definition) is 6.